The number of piperidine rings is 1. The van der Waals surface area contributed by atoms with Gasteiger partial charge in [0.15, 0.2) is 0 Å². The van der Waals surface area contributed by atoms with Crippen molar-refractivity contribution in [2.75, 3.05) is 25.4 Å². The van der Waals surface area contributed by atoms with Crippen LogP contribution in [-0.2, 0) is 9.59 Å². The summed E-state index contributed by atoms with van der Waals surface area (Å²) in [6, 6.07) is 0.0628. The Bertz CT molecular complexity index is 733. The number of carbonyl (C=O) groups is 3. The van der Waals surface area contributed by atoms with Gasteiger partial charge in [0.25, 0.3) is 0 Å². The maximum atomic E-state index is 13.3. The lowest BCUT2D eigenvalue weighted by molar-refractivity contribution is -0.136. The molecule has 0 spiro atoms. The molecule has 1 atom stereocenters. The van der Waals surface area contributed by atoms with E-state index in [4.69, 9.17) is 5.11 Å². The first-order valence-electron chi connectivity index (χ1n) is 12.1. The first kappa shape index (κ1) is 27.6. The van der Waals surface area contributed by atoms with E-state index in [0.29, 0.717) is 18.8 Å². The molecule has 9 heteroatoms. The van der Waals surface area contributed by atoms with Gasteiger partial charge in [0.05, 0.1) is 11.4 Å². The number of aliphatic carboxylic acids is 1. The van der Waals surface area contributed by atoms with Crippen LogP contribution in [0.5, 0.6) is 0 Å². The van der Waals surface area contributed by atoms with Gasteiger partial charge in [0.1, 0.15) is 0 Å². The third-order valence-corrected chi connectivity index (χ3v) is 8.16. The Morgan fingerprint density at radius 1 is 1.18 bits per heavy atom. The highest BCUT2D eigenvalue weighted by Gasteiger charge is 2.29. The van der Waals surface area contributed by atoms with Crippen molar-refractivity contribution in [2.45, 2.75) is 78.2 Å². The highest BCUT2D eigenvalue weighted by molar-refractivity contribution is 8.24. The molecule has 0 aromatic rings. The number of urea groups is 1. The number of allylic oxidation sites excluding steroid dienone is 2. The lowest BCUT2D eigenvalue weighted by Gasteiger charge is -2.38. The van der Waals surface area contributed by atoms with Gasteiger partial charge in [-0.15, -0.1) is 11.8 Å². The van der Waals surface area contributed by atoms with Crippen LogP contribution in [0.4, 0.5) is 4.79 Å². The number of carbonyl (C=O) groups excluding carboxylic acids is 2. The third kappa shape index (κ3) is 10.0. The molecule has 7 nitrogen and oxygen atoms in total. The Morgan fingerprint density at radius 2 is 1.88 bits per heavy atom. The molecular formula is C24H39N3O4S2. The van der Waals surface area contributed by atoms with Crippen molar-refractivity contribution in [3.8, 4) is 0 Å². The second-order valence-electron chi connectivity index (χ2n) is 8.74. The third-order valence-electron chi connectivity index (χ3n) is 5.93. The first-order chi connectivity index (χ1) is 15.8. The van der Waals surface area contributed by atoms with E-state index < -0.39 is 5.97 Å². The van der Waals surface area contributed by atoms with Crippen LogP contribution in [0.1, 0.15) is 72.1 Å². The van der Waals surface area contributed by atoms with E-state index in [1.165, 1.54) is 42.8 Å². The summed E-state index contributed by atoms with van der Waals surface area (Å²) in [5.41, 5.74) is 0. The molecule has 0 saturated carbocycles. The Labute approximate surface area is 206 Å². The fourth-order valence-electron chi connectivity index (χ4n) is 4.07. The van der Waals surface area contributed by atoms with E-state index in [1.54, 1.807) is 6.92 Å². The van der Waals surface area contributed by atoms with E-state index in [-0.39, 0.29) is 30.3 Å². The van der Waals surface area contributed by atoms with Gasteiger partial charge < -0.3 is 20.2 Å². The second-order valence-corrected chi connectivity index (χ2v) is 11.2. The summed E-state index contributed by atoms with van der Waals surface area (Å²) >= 11 is 3.02. The Morgan fingerprint density at radius 3 is 2.52 bits per heavy atom. The van der Waals surface area contributed by atoms with Crippen molar-refractivity contribution in [3.63, 3.8) is 0 Å². The van der Waals surface area contributed by atoms with Gasteiger partial charge in [-0.05, 0) is 31.3 Å². The molecule has 2 rings (SSSR count). The molecule has 2 heterocycles. The zero-order valence-electron chi connectivity index (χ0n) is 20.2. The molecule has 0 aromatic heterocycles. The molecule has 1 fully saturated rings. The van der Waals surface area contributed by atoms with Gasteiger partial charge >= 0.3 is 12.0 Å². The number of carboxylic acid groups (broad SMARTS) is 1. The zero-order chi connectivity index (χ0) is 24.2. The molecule has 0 radical (unpaired) electrons. The zero-order valence-corrected chi connectivity index (χ0v) is 21.8. The Balaban J connectivity index is 1.96. The fraction of sp³-hybridized carbons (Fsp3) is 0.708. The lowest BCUT2D eigenvalue weighted by Crippen LogP contribution is -2.51. The van der Waals surface area contributed by atoms with Crippen molar-refractivity contribution >= 4 is 41.4 Å². The molecule has 0 aliphatic carbocycles. The summed E-state index contributed by atoms with van der Waals surface area (Å²) in [5, 5.41) is 12.8. The van der Waals surface area contributed by atoms with Crippen LogP contribution >= 0.6 is 23.5 Å². The van der Waals surface area contributed by atoms with E-state index in [1.807, 2.05) is 15.9 Å². The first-order valence-corrected chi connectivity index (χ1v) is 13.9. The maximum absolute atomic E-state index is 13.3. The van der Waals surface area contributed by atoms with Crippen molar-refractivity contribution in [3.05, 3.63) is 21.4 Å². The fourth-order valence-corrected chi connectivity index (χ4v) is 6.53. The van der Waals surface area contributed by atoms with Gasteiger partial charge in [0.2, 0.25) is 5.91 Å². The summed E-state index contributed by atoms with van der Waals surface area (Å²) in [7, 11) is 0. The largest absolute Gasteiger partial charge is 0.481 e. The predicted octanol–water partition coefficient (Wildman–Crippen LogP) is 5.25. The van der Waals surface area contributed by atoms with Crippen LogP contribution in [0.25, 0.3) is 0 Å². The van der Waals surface area contributed by atoms with Crippen LogP contribution in [0.15, 0.2) is 21.4 Å². The van der Waals surface area contributed by atoms with Gasteiger partial charge in [-0.25, -0.2) is 4.79 Å². The highest BCUT2D eigenvalue weighted by Crippen LogP contribution is 2.38. The molecule has 186 valence electrons. The molecule has 3 amide bonds. The number of likely N-dealkylation sites (tertiary alicyclic amines) is 1. The number of amides is 3. The summed E-state index contributed by atoms with van der Waals surface area (Å²) < 4.78 is 1.03. The molecule has 2 aliphatic rings. The van der Waals surface area contributed by atoms with Crippen LogP contribution < -0.4 is 5.32 Å². The number of nitrogens with one attached hydrogen (secondary N) is 1. The number of nitrogens with zero attached hydrogens (tertiary/aromatic N) is 2. The van der Waals surface area contributed by atoms with E-state index >= 15 is 0 Å². The average molecular weight is 498 g/mol. The van der Waals surface area contributed by atoms with Gasteiger partial charge in [-0.3, -0.25) is 9.59 Å². The van der Waals surface area contributed by atoms with Crippen LogP contribution in [-0.4, -0.2) is 64.2 Å². The molecule has 2 aliphatic heterocycles. The number of hydrogen-bond acceptors (Lipinski definition) is 5. The number of carboxylic acids is 1. The molecule has 33 heavy (non-hydrogen) atoms. The van der Waals surface area contributed by atoms with Gasteiger partial charge in [0, 0.05) is 42.6 Å². The normalized spacial score (nSPS) is 19.0. The molecular weight excluding hydrogens is 458 g/mol. The minimum atomic E-state index is -0.800. The summed E-state index contributed by atoms with van der Waals surface area (Å²) in [6.07, 6.45) is 11.6. The summed E-state index contributed by atoms with van der Waals surface area (Å²) in [5.74, 6) is -0.0103. The SMILES string of the molecule is CCCCCCCN(C(=O)NC1=CC(C)C=C(SCCC(=O)O)S1)C1CCN(C(C)=O)CC1. The van der Waals surface area contributed by atoms with Gasteiger partial charge in [-0.2, -0.15) is 0 Å². The molecule has 0 bridgehead atoms. The van der Waals surface area contributed by atoms with Crippen LogP contribution in [0.3, 0.4) is 0 Å². The topological polar surface area (TPSA) is 89.9 Å². The highest BCUT2D eigenvalue weighted by atomic mass is 32.2. The van der Waals surface area contributed by atoms with Crippen molar-refractivity contribution in [2.24, 2.45) is 5.92 Å². The van der Waals surface area contributed by atoms with E-state index in [9.17, 15) is 14.4 Å². The smallest absolute Gasteiger partial charge is 0.322 e. The van der Waals surface area contributed by atoms with Crippen molar-refractivity contribution < 1.29 is 19.5 Å². The van der Waals surface area contributed by atoms with Crippen LogP contribution in [0.2, 0.25) is 0 Å². The van der Waals surface area contributed by atoms with Crippen LogP contribution in [0, 0.1) is 5.92 Å². The molecule has 2 N–H and O–H groups in total. The minimum Gasteiger partial charge on any atom is -0.481 e. The standard InChI is InChI=1S/C24H39N3O4S2/c1-4-5-6-7-8-12-27(20-9-13-26(14-10-20)19(3)28)24(31)25-21-16-18(2)17-23(33-21)32-15-11-22(29)30/h16-18,20H,4-15H2,1-3H3,(H,25,31)(H,29,30). The number of thioether (sulfide) groups is 2. The average Bonchev–Trinajstić information content (AvgIpc) is 2.75. The maximum Gasteiger partial charge on any atom is 0.322 e. The second kappa shape index (κ2) is 14.6. The Hall–Kier alpha value is -1.61. The lowest BCUT2D eigenvalue weighted by atomic mass is 10.0. The summed E-state index contributed by atoms with van der Waals surface area (Å²) in [6.45, 7) is 7.98. The number of unbranched alkanes of at least 4 members (excludes halogenated alkanes) is 4. The van der Waals surface area contributed by atoms with E-state index in [2.05, 4.69) is 25.2 Å². The quantitative estimate of drug-likeness (QED) is 0.358. The monoisotopic (exact) mass is 497 g/mol. The van der Waals surface area contributed by atoms with Gasteiger partial charge in [-0.1, -0.05) is 57.4 Å². The number of rotatable bonds is 12. The van der Waals surface area contributed by atoms with Crippen molar-refractivity contribution in [1.82, 2.24) is 15.1 Å². The van der Waals surface area contributed by atoms with Crippen molar-refractivity contribution in [1.29, 1.82) is 0 Å². The summed E-state index contributed by atoms with van der Waals surface area (Å²) in [4.78, 5) is 39.7. The molecule has 0 aromatic carbocycles. The predicted molar refractivity (Wildman–Crippen MR) is 137 cm³/mol. The Kier molecular flexibility index (Phi) is 12.2. The number of hydrogen-bond donors (Lipinski definition) is 2. The minimum absolute atomic E-state index is 0.0745. The van der Waals surface area contributed by atoms with E-state index in [0.717, 1.165) is 41.5 Å². The molecule has 1 unspecified atom stereocenters. The molecule has 1 saturated heterocycles.